The first-order valence-electron chi connectivity index (χ1n) is 3.34. The fourth-order valence-electron chi connectivity index (χ4n) is 0.767. The van der Waals surface area contributed by atoms with E-state index in [0.717, 1.165) is 12.8 Å². The summed E-state index contributed by atoms with van der Waals surface area (Å²) < 4.78 is 0. The first-order chi connectivity index (χ1) is 4.16. The second-order valence-electron chi connectivity index (χ2n) is 2.35. The van der Waals surface area contributed by atoms with Crippen molar-refractivity contribution in [2.24, 2.45) is 0 Å². The van der Waals surface area contributed by atoms with Gasteiger partial charge in [-0.3, -0.25) is 4.79 Å². The average molecular weight is 130 g/mol. The number of Topliss-reactive ketones (excluding diaryl/α,β-unsaturated/α-hetero) is 1. The highest BCUT2D eigenvalue weighted by molar-refractivity contribution is 5.75. The third-order valence-electron chi connectivity index (χ3n) is 1.14. The number of ketones is 1. The van der Waals surface area contributed by atoms with Crippen LogP contribution in [0.25, 0.3) is 0 Å². The molecule has 1 atom stereocenters. The van der Waals surface area contributed by atoms with E-state index in [2.05, 4.69) is 0 Å². The zero-order chi connectivity index (χ0) is 7.28. The van der Waals surface area contributed by atoms with Gasteiger partial charge in [0, 0.05) is 6.42 Å². The largest absolute Gasteiger partial charge is 0.393 e. The molecule has 1 N–H and O–H groups in total. The highest BCUT2D eigenvalue weighted by Crippen LogP contribution is 2.00. The maximum Gasteiger partial charge on any atom is 0.132 e. The zero-order valence-corrected chi connectivity index (χ0v) is 6.05. The van der Waals surface area contributed by atoms with Crippen LogP contribution in [-0.4, -0.2) is 17.0 Å². The van der Waals surface area contributed by atoms with E-state index in [1.54, 1.807) is 0 Å². The van der Waals surface area contributed by atoms with Crippen LogP contribution in [0.15, 0.2) is 0 Å². The number of aliphatic hydroxyl groups excluding tert-OH is 1. The van der Waals surface area contributed by atoms with Crippen molar-refractivity contribution in [2.45, 2.75) is 39.2 Å². The van der Waals surface area contributed by atoms with Crippen LogP contribution in [-0.2, 0) is 4.79 Å². The Morgan fingerprint density at radius 1 is 1.67 bits per heavy atom. The first kappa shape index (κ1) is 8.63. The van der Waals surface area contributed by atoms with Gasteiger partial charge in [0.1, 0.15) is 5.78 Å². The van der Waals surface area contributed by atoms with Crippen LogP contribution in [0.1, 0.15) is 33.1 Å². The third kappa shape index (κ3) is 5.50. The summed E-state index contributed by atoms with van der Waals surface area (Å²) in [4.78, 5) is 10.4. The minimum Gasteiger partial charge on any atom is -0.393 e. The monoisotopic (exact) mass is 130 g/mol. The van der Waals surface area contributed by atoms with E-state index >= 15 is 0 Å². The van der Waals surface area contributed by atoms with E-state index in [0.29, 0.717) is 6.42 Å². The zero-order valence-electron chi connectivity index (χ0n) is 6.05. The van der Waals surface area contributed by atoms with Gasteiger partial charge in [0.15, 0.2) is 0 Å². The molecule has 0 aromatic carbocycles. The minimum atomic E-state index is -0.410. The third-order valence-corrected chi connectivity index (χ3v) is 1.14. The molecule has 0 aliphatic carbocycles. The van der Waals surface area contributed by atoms with E-state index < -0.39 is 6.10 Å². The SMILES string of the molecule is CCC[C@H](O)CC(C)=O. The number of carbonyl (C=O) groups is 1. The molecule has 54 valence electrons. The standard InChI is InChI=1S/C7H14O2/c1-3-4-7(9)5-6(2)8/h7,9H,3-5H2,1-2H3/t7-/m0/s1. The summed E-state index contributed by atoms with van der Waals surface area (Å²) in [5.74, 6) is 0.0657. The Labute approximate surface area is 55.9 Å². The summed E-state index contributed by atoms with van der Waals surface area (Å²) >= 11 is 0. The second kappa shape index (κ2) is 4.50. The van der Waals surface area contributed by atoms with Crippen molar-refractivity contribution in [3.8, 4) is 0 Å². The van der Waals surface area contributed by atoms with Gasteiger partial charge in [-0.15, -0.1) is 0 Å². The van der Waals surface area contributed by atoms with Gasteiger partial charge in [-0.05, 0) is 13.3 Å². The number of rotatable bonds is 4. The summed E-state index contributed by atoms with van der Waals surface area (Å²) in [6.07, 6.45) is 1.58. The Morgan fingerprint density at radius 3 is 2.56 bits per heavy atom. The van der Waals surface area contributed by atoms with Crippen molar-refractivity contribution < 1.29 is 9.90 Å². The molecule has 0 rings (SSSR count). The lowest BCUT2D eigenvalue weighted by atomic mass is 10.1. The van der Waals surface area contributed by atoms with E-state index in [4.69, 9.17) is 5.11 Å². The van der Waals surface area contributed by atoms with Crippen molar-refractivity contribution >= 4 is 5.78 Å². The predicted octanol–water partition coefficient (Wildman–Crippen LogP) is 1.13. The van der Waals surface area contributed by atoms with E-state index in [1.807, 2.05) is 6.92 Å². The maximum absolute atomic E-state index is 10.4. The van der Waals surface area contributed by atoms with Crippen LogP contribution < -0.4 is 0 Å². The smallest absolute Gasteiger partial charge is 0.132 e. The molecule has 0 saturated carbocycles. The molecule has 0 saturated heterocycles. The van der Waals surface area contributed by atoms with Crippen LogP contribution in [0, 0.1) is 0 Å². The van der Waals surface area contributed by atoms with E-state index in [9.17, 15) is 4.79 Å². The number of hydrogen-bond donors (Lipinski definition) is 1. The molecule has 9 heavy (non-hydrogen) atoms. The molecular weight excluding hydrogens is 116 g/mol. The molecule has 0 aliphatic rings. The second-order valence-corrected chi connectivity index (χ2v) is 2.35. The van der Waals surface area contributed by atoms with Crippen molar-refractivity contribution in [3.63, 3.8) is 0 Å². The highest BCUT2D eigenvalue weighted by Gasteiger charge is 2.04. The van der Waals surface area contributed by atoms with Crippen molar-refractivity contribution in [3.05, 3.63) is 0 Å². The quantitative estimate of drug-likeness (QED) is 0.619. The molecule has 0 radical (unpaired) electrons. The Kier molecular flexibility index (Phi) is 4.32. The molecule has 0 aromatic heterocycles. The van der Waals surface area contributed by atoms with Crippen LogP contribution >= 0.6 is 0 Å². The average Bonchev–Trinajstić information content (AvgIpc) is 1.63. The Bertz CT molecular complexity index is 88.9. The number of carbonyl (C=O) groups excluding carboxylic acids is 1. The lowest BCUT2D eigenvalue weighted by Gasteiger charge is -2.04. The van der Waals surface area contributed by atoms with Gasteiger partial charge < -0.3 is 5.11 Å². The summed E-state index contributed by atoms with van der Waals surface area (Å²) in [6, 6.07) is 0. The first-order valence-corrected chi connectivity index (χ1v) is 3.34. The van der Waals surface area contributed by atoms with Crippen molar-refractivity contribution in [1.82, 2.24) is 0 Å². The highest BCUT2D eigenvalue weighted by atomic mass is 16.3. The normalized spacial score (nSPS) is 13.2. The Morgan fingerprint density at radius 2 is 2.22 bits per heavy atom. The van der Waals surface area contributed by atoms with Crippen LogP contribution in [0.3, 0.4) is 0 Å². The fourth-order valence-corrected chi connectivity index (χ4v) is 0.767. The molecule has 2 nitrogen and oxygen atoms in total. The van der Waals surface area contributed by atoms with Crippen molar-refractivity contribution in [2.75, 3.05) is 0 Å². The molecule has 2 heteroatoms. The lowest BCUT2D eigenvalue weighted by molar-refractivity contribution is -0.118. The van der Waals surface area contributed by atoms with Gasteiger partial charge in [0.2, 0.25) is 0 Å². The van der Waals surface area contributed by atoms with Gasteiger partial charge in [0.05, 0.1) is 6.10 Å². The molecule has 0 bridgehead atoms. The number of hydrogen-bond acceptors (Lipinski definition) is 2. The lowest BCUT2D eigenvalue weighted by Crippen LogP contribution is -2.10. The van der Waals surface area contributed by atoms with Gasteiger partial charge in [-0.1, -0.05) is 13.3 Å². The molecule has 0 amide bonds. The fraction of sp³-hybridized carbons (Fsp3) is 0.857. The van der Waals surface area contributed by atoms with Gasteiger partial charge >= 0.3 is 0 Å². The topological polar surface area (TPSA) is 37.3 Å². The van der Waals surface area contributed by atoms with E-state index in [-0.39, 0.29) is 5.78 Å². The minimum absolute atomic E-state index is 0.0657. The van der Waals surface area contributed by atoms with Gasteiger partial charge in [0.25, 0.3) is 0 Å². The van der Waals surface area contributed by atoms with Crippen LogP contribution in [0.4, 0.5) is 0 Å². The summed E-state index contributed by atoms with van der Waals surface area (Å²) in [5, 5.41) is 9.00. The molecule has 0 heterocycles. The molecule has 0 aliphatic heterocycles. The van der Waals surface area contributed by atoms with Gasteiger partial charge in [-0.2, -0.15) is 0 Å². The predicted molar refractivity (Wildman–Crippen MR) is 36.2 cm³/mol. The van der Waals surface area contributed by atoms with Gasteiger partial charge in [-0.25, -0.2) is 0 Å². The Hall–Kier alpha value is -0.370. The van der Waals surface area contributed by atoms with E-state index in [1.165, 1.54) is 6.92 Å². The molecule has 0 aromatic rings. The summed E-state index contributed by atoms with van der Waals surface area (Å²) in [5.41, 5.74) is 0. The molecule has 0 fully saturated rings. The molecular formula is C7H14O2. The van der Waals surface area contributed by atoms with Crippen LogP contribution in [0.2, 0.25) is 0 Å². The molecule has 0 unspecified atom stereocenters. The summed E-state index contributed by atoms with van der Waals surface area (Å²) in [7, 11) is 0. The van der Waals surface area contributed by atoms with Crippen LogP contribution in [0.5, 0.6) is 0 Å². The number of aliphatic hydroxyl groups is 1. The molecule has 0 spiro atoms. The van der Waals surface area contributed by atoms with Crippen molar-refractivity contribution in [1.29, 1.82) is 0 Å². The summed E-state index contributed by atoms with van der Waals surface area (Å²) in [6.45, 7) is 3.49. The maximum atomic E-state index is 10.4. The Balaban J connectivity index is 3.26.